The fourth-order valence-corrected chi connectivity index (χ4v) is 5.76. The van der Waals surface area contributed by atoms with Gasteiger partial charge in [0.25, 0.3) is 5.91 Å². The number of imide groups is 1. The van der Waals surface area contributed by atoms with Gasteiger partial charge < -0.3 is 5.32 Å². The maximum atomic E-state index is 12.9. The second-order valence-electron chi connectivity index (χ2n) is 8.27. The molecule has 4 amide bonds. The summed E-state index contributed by atoms with van der Waals surface area (Å²) in [6.07, 6.45) is 2.71. The standard InChI is InChI=1S/C23H25ClN4O5S/c1-16-22(30)27(23(31)28(16)19-9-5-17(24)6-10-19)15-21(29)25-18-7-11-20(12-8-18)34(32,33)26-13-3-2-4-14-26/h5-12,16H,2-4,13-15H2,1H3,(H,25,29)/t16-/m0/s1. The Labute approximate surface area is 203 Å². The number of rotatable bonds is 6. The molecule has 0 saturated carbocycles. The topological polar surface area (TPSA) is 107 Å². The zero-order chi connectivity index (χ0) is 24.5. The molecule has 11 heteroatoms. The molecule has 1 atom stereocenters. The van der Waals surface area contributed by atoms with E-state index in [0.717, 1.165) is 24.2 Å². The summed E-state index contributed by atoms with van der Waals surface area (Å²) in [7, 11) is -3.57. The van der Waals surface area contributed by atoms with Crippen LogP contribution in [0.4, 0.5) is 16.2 Å². The Morgan fingerprint density at radius 1 is 1.00 bits per heavy atom. The first-order valence-electron chi connectivity index (χ1n) is 11.0. The third kappa shape index (κ3) is 4.79. The minimum Gasteiger partial charge on any atom is -0.325 e. The molecular weight excluding hydrogens is 480 g/mol. The number of urea groups is 1. The van der Waals surface area contributed by atoms with Crippen molar-refractivity contribution in [2.75, 3.05) is 29.9 Å². The average molecular weight is 505 g/mol. The second-order valence-corrected chi connectivity index (χ2v) is 10.6. The molecule has 0 aliphatic carbocycles. The molecule has 34 heavy (non-hydrogen) atoms. The number of benzene rings is 2. The summed E-state index contributed by atoms with van der Waals surface area (Å²) in [6.45, 7) is 2.14. The minimum atomic E-state index is -3.57. The van der Waals surface area contributed by atoms with E-state index in [-0.39, 0.29) is 4.90 Å². The molecule has 0 unspecified atom stereocenters. The van der Waals surface area contributed by atoms with E-state index >= 15 is 0 Å². The summed E-state index contributed by atoms with van der Waals surface area (Å²) in [4.78, 5) is 40.4. The third-order valence-corrected chi connectivity index (χ3v) is 8.11. The van der Waals surface area contributed by atoms with Crippen LogP contribution in [0.5, 0.6) is 0 Å². The van der Waals surface area contributed by atoms with Crippen LogP contribution in [0, 0.1) is 0 Å². The second kappa shape index (κ2) is 9.73. The fraction of sp³-hybridized carbons (Fsp3) is 0.348. The number of nitrogens with zero attached hydrogens (tertiary/aromatic N) is 3. The van der Waals surface area contributed by atoms with Crippen molar-refractivity contribution in [3.8, 4) is 0 Å². The molecule has 2 aromatic carbocycles. The van der Waals surface area contributed by atoms with Crippen LogP contribution in [0.25, 0.3) is 0 Å². The van der Waals surface area contributed by atoms with Crippen LogP contribution in [0.2, 0.25) is 5.02 Å². The Morgan fingerprint density at radius 2 is 1.62 bits per heavy atom. The highest BCUT2D eigenvalue weighted by atomic mass is 35.5. The van der Waals surface area contributed by atoms with E-state index in [1.807, 2.05) is 0 Å². The zero-order valence-electron chi connectivity index (χ0n) is 18.6. The van der Waals surface area contributed by atoms with Crippen LogP contribution in [0.15, 0.2) is 53.4 Å². The predicted octanol–water partition coefficient (Wildman–Crippen LogP) is 3.31. The SMILES string of the molecule is C[C@H]1C(=O)N(CC(=O)Nc2ccc(S(=O)(=O)N3CCCCC3)cc2)C(=O)N1c1ccc(Cl)cc1. The first-order chi connectivity index (χ1) is 16.2. The van der Waals surface area contributed by atoms with E-state index in [1.54, 1.807) is 31.2 Å². The monoisotopic (exact) mass is 504 g/mol. The van der Waals surface area contributed by atoms with Crippen molar-refractivity contribution in [3.63, 3.8) is 0 Å². The Balaban J connectivity index is 1.41. The van der Waals surface area contributed by atoms with Gasteiger partial charge in [-0.25, -0.2) is 13.2 Å². The van der Waals surface area contributed by atoms with Crippen LogP contribution in [0.3, 0.4) is 0 Å². The quantitative estimate of drug-likeness (QED) is 0.607. The van der Waals surface area contributed by atoms with Crippen LogP contribution in [0.1, 0.15) is 26.2 Å². The Kier molecular flexibility index (Phi) is 6.92. The van der Waals surface area contributed by atoms with Gasteiger partial charge >= 0.3 is 6.03 Å². The first kappa shape index (κ1) is 24.2. The van der Waals surface area contributed by atoms with Gasteiger partial charge in [0, 0.05) is 29.5 Å². The molecule has 180 valence electrons. The molecule has 0 radical (unpaired) electrons. The number of carbonyl (C=O) groups excluding carboxylic acids is 3. The molecule has 4 rings (SSSR count). The number of halogens is 1. The number of sulfonamides is 1. The number of piperidine rings is 1. The largest absolute Gasteiger partial charge is 0.332 e. The van der Waals surface area contributed by atoms with Crippen molar-refractivity contribution in [1.29, 1.82) is 0 Å². The lowest BCUT2D eigenvalue weighted by molar-refractivity contribution is -0.130. The van der Waals surface area contributed by atoms with Gasteiger partial charge in [-0.1, -0.05) is 18.0 Å². The van der Waals surface area contributed by atoms with E-state index in [1.165, 1.54) is 33.5 Å². The molecule has 2 aliphatic heterocycles. The molecule has 2 aliphatic rings. The maximum absolute atomic E-state index is 12.9. The summed E-state index contributed by atoms with van der Waals surface area (Å²) in [6, 6.07) is 11.0. The number of carbonyl (C=O) groups is 3. The van der Waals surface area contributed by atoms with Gasteiger partial charge in [0.1, 0.15) is 12.6 Å². The van der Waals surface area contributed by atoms with Gasteiger partial charge in [0.2, 0.25) is 15.9 Å². The van der Waals surface area contributed by atoms with Crippen LogP contribution in [-0.4, -0.2) is 61.1 Å². The van der Waals surface area contributed by atoms with Gasteiger partial charge in [-0.05, 0) is 68.3 Å². The Hall–Kier alpha value is -2.95. The molecule has 1 N–H and O–H groups in total. The van der Waals surface area contributed by atoms with Crippen molar-refractivity contribution < 1.29 is 22.8 Å². The van der Waals surface area contributed by atoms with Crippen molar-refractivity contribution in [2.24, 2.45) is 0 Å². The first-order valence-corrected chi connectivity index (χ1v) is 12.8. The van der Waals surface area contributed by atoms with Crippen molar-refractivity contribution in [3.05, 3.63) is 53.6 Å². The smallest absolute Gasteiger partial charge is 0.325 e. The minimum absolute atomic E-state index is 0.157. The van der Waals surface area contributed by atoms with Crippen molar-refractivity contribution in [2.45, 2.75) is 37.1 Å². The number of amides is 4. The highest BCUT2D eigenvalue weighted by Crippen LogP contribution is 2.27. The lowest BCUT2D eigenvalue weighted by Crippen LogP contribution is -2.39. The van der Waals surface area contributed by atoms with Crippen LogP contribution >= 0.6 is 11.6 Å². The Bertz CT molecular complexity index is 1190. The molecule has 2 saturated heterocycles. The molecule has 2 aromatic rings. The summed E-state index contributed by atoms with van der Waals surface area (Å²) < 4.78 is 27.0. The highest BCUT2D eigenvalue weighted by Gasteiger charge is 2.44. The average Bonchev–Trinajstić information content (AvgIpc) is 3.04. The normalized spacial score (nSPS) is 19.5. The van der Waals surface area contributed by atoms with Gasteiger partial charge in [-0.2, -0.15) is 4.31 Å². The lowest BCUT2D eigenvalue weighted by atomic mass is 10.2. The molecule has 0 aromatic heterocycles. The highest BCUT2D eigenvalue weighted by molar-refractivity contribution is 7.89. The van der Waals surface area contributed by atoms with Gasteiger partial charge in [-0.3, -0.25) is 19.4 Å². The molecule has 9 nitrogen and oxygen atoms in total. The van der Waals surface area contributed by atoms with E-state index in [2.05, 4.69) is 5.32 Å². The fourth-order valence-electron chi connectivity index (χ4n) is 4.12. The summed E-state index contributed by atoms with van der Waals surface area (Å²) in [5.41, 5.74) is 0.868. The number of nitrogens with one attached hydrogen (secondary N) is 1. The van der Waals surface area contributed by atoms with Gasteiger partial charge in [-0.15, -0.1) is 0 Å². The molecule has 0 bridgehead atoms. The number of hydrogen-bond donors (Lipinski definition) is 1. The maximum Gasteiger partial charge on any atom is 0.332 e. The number of hydrogen-bond acceptors (Lipinski definition) is 5. The zero-order valence-corrected chi connectivity index (χ0v) is 20.2. The Morgan fingerprint density at radius 3 is 2.24 bits per heavy atom. The van der Waals surface area contributed by atoms with Crippen molar-refractivity contribution in [1.82, 2.24) is 9.21 Å². The van der Waals surface area contributed by atoms with E-state index in [4.69, 9.17) is 11.6 Å². The van der Waals surface area contributed by atoms with Crippen molar-refractivity contribution >= 4 is 50.8 Å². The molecule has 2 fully saturated rings. The summed E-state index contributed by atoms with van der Waals surface area (Å²) in [5, 5.41) is 3.12. The van der Waals surface area contributed by atoms with Crippen LogP contribution in [-0.2, 0) is 19.6 Å². The van der Waals surface area contributed by atoms with E-state index < -0.39 is 40.5 Å². The van der Waals surface area contributed by atoms with E-state index in [9.17, 15) is 22.8 Å². The number of anilines is 2. The molecule has 2 heterocycles. The molecule has 0 spiro atoms. The van der Waals surface area contributed by atoms with Gasteiger partial charge in [0.15, 0.2) is 0 Å². The predicted molar refractivity (Wildman–Crippen MR) is 128 cm³/mol. The lowest BCUT2D eigenvalue weighted by Gasteiger charge is -2.25. The van der Waals surface area contributed by atoms with Crippen LogP contribution < -0.4 is 10.2 Å². The molecular formula is C23H25ClN4O5S. The van der Waals surface area contributed by atoms with Gasteiger partial charge in [0.05, 0.1) is 4.90 Å². The summed E-state index contributed by atoms with van der Waals surface area (Å²) in [5.74, 6) is -1.06. The summed E-state index contributed by atoms with van der Waals surface area (Å²) >= 11 is 5.90. The third-order valence-electron chi connectivity index (χ3n) is 5.95. The van der Waals surface area contributed by atoms with E-state index in [0.29, 0.717) is 29.5 Å².